The van der Waals surface area contributed by atoms with Crippen molar-refractivity contribution in [3.8, 4) is 0 Å². The van der Waals surface area contributed by atoms with E-state index in [9.17, 15) is 14.7 Å². The molecule has 5 nitrogen and oxygen atoms in total. The second-order valence-corrected chi connectivity index (χ2v) is 18.6. The second-order valence-electron chi connectivity index (χ2n) is 18.6. The van der Waals surface area contributed by atoms with Crippen LogP contribution in [0.5, 0.6) is 0 Å². The lowest BCUT2D eigenvalue weighted by Gasteiger charge is -2.15. The van der Waals surface area contributed by atoms with Gasteiger partial charge in [-0.15, -0.1) is 0 Å². The Kier molecular flexibility index (Phi) is 54.9. The van der Waals surface area contributed by atoms with Crippen LogP contribution < -0.4 is 0 Å². The molecular formula is C63H106O5. The van der Waals surface area contributed by atoms with Gasteiger partial charge in [0, 0.05) is 12.8 Å². The van der Waals surface area contributed by atoms with Gasteiger partial charge in [0.25, 0.3) is 0 Å². The first-order chi connectivity index (χ1) is 33.6. The first-order valence-corrected chi connectivity index (χ1v) is 28.4. The van der Waals surface area contributed by atoms with Crippen LogP contribution in [0.2, 0.25) is 0 Å². The summed E-state index contributed by atoms with van der Waals surface area (Å²) in [6.07, 6.45) is 83.5. The summed E-state index contributed by atoms with van der Waals surface area (Å²) in [6.45, 7) is 3.92. The van der Waals surface area contributed by atoms with Crippen molar-refractivity contribution >= 4 is 11.9 Å². The molecule has 0 saturated heterocycles. The van der Waals surface area contributed by atoms with Gasteiger partial charge in [0.2, 0.25) is 0 Å². The molecule has 0 rings (SSSR count). The predicted molar refractivity (Wildman–Crippen MR) is 297 cm³/mol. The molecule has 1 N–H and O–H groups in total. The standard InChI is InChI=1S/C63H106O5/c1-3-5-7-9-11-13-15-17-19-21-22-23-24-25-26-27-28-29-30-31-32-33-34-35-36-37-38-39-40-42-44-46-48-50-52-54-56-58-63(66)68-61(59-64)60-67-62(65)57-55-53-51-49-47-45-43-41-20-18-16-14-12-10-8-6-4-2/h5-8,11-14,17-20,22-23,25-26,28-29,61,64H,3-4,9-10,15-16,21,24,27,30-60H2,1-2H3/b7-5-,8-6-,13-11-,14-12-,19-17-,20-18-,23-22-,26-25-,29-28-. The Hall–Kier alpha value is -3.44. The fourth-order valence-electron chi connectivity index (χ4n) is 7.87. The van der Waals surface area contributed by atoms with Gasteiger partial charge < -0.3 is 14.6 Å². The number of hydrogen-bond donors (Lipinski definition) is 1. The van der Waals surface area contributed by atoms with Gasteiger partial charge in [-0.25, -0.2) is 0 Å². The number of allylic oxidation sites excluding steroid dienone is 18. The van der Waals surface area contributed by atoms with Gasteiger partial charge >= 0.3 is 11.9 Å². The van der Waals surface area contributed by atoms with Crippen LogP contribution in [0.3, 0.4) is 0 Å². The van der Waals surface area contributed by atoms with Gasteiger partial charge in [0.1, 0.15) is 6.61 Å². The minimum Gasteiger partial charge on any atom is -0.462 e. The summed E-state index contributed by atoms with van der Waals surface area (Å²) < 4.78 is 10.7. The summed E-state index contributed by atoms with van der Waals surface area (Å²) in [5, 5.41) is 9.64. The molecule has 0 aromatic heterocycles. The Bertz CT molecular complexity index is 1340. The van der Waals surface area contributed by atoms with E-state index >= 15 is 0 Å². The maximum atomic E-state index is 12.3. The van der Waals surface area contributed by atoms with E-state index < -0.39 is 6.10 Å². The molecule has 0 bridgehead atoms. The van der Waals surface area contributed by atoms with Crippen LogP contribution in [0.4, 0.5) is 0 Å². The highest BCUT2D eigenvalue weighted by atomic mass is 16.6. The van der Waals surface area contributed by atoms with Gasteiger partial charge in [-0.3, -0.25) is 9.59 Å². The third-order valence-corrected chi connectivity index (χ3v) is 12.1. The Morgan fingerprint density at radius 2 is 0.588 bits per heavy atom. The van der Waals surface area contributed by atoms with Crippen molar-refractivity contribution in [2.75, 3.05) is 13.2 Å². The number of ether oxygens (including phenoxy) is 2. The minimum atomic E-state index is -0.781. The quantitative estimate of drug-likeness (QED) is 0.0374. The molecule has 0 aromatic carbocycles. The van der Waals surface area contributed by atoms with Crippen LogP contribution in [0.15, 0.2) is 109 Å². The van der Waals surface area contributed by atoms with Crippen LogP contribution in [0.25, 0.3) is 0 Å². The molecule has 5 heteroatoms. The van der Waals surface area contributed by atoms with Gasteiger partial charge in [0.15, 0.2) is 6.10 Å². The molecule has 0 spiro atoms. The molecule has 0 aromatic rings. The normalized spacial score (nSPS) is 13.0. The highest BCUT2D eigenvalue weighted by Crippen LogP contribution is 2.16. The zero-order chi connectivity index (χ0) is 49.2. The second kappa shape index (κ2) is 57.9. The number of esters is 2. The number of unbranched alkanes of at least 4 members (excludes halogenated alkanes) is 25. The molecule has 0 radical (unpaired) electrons. The van der Waals surface area contributed by atoms with Crippen molar-refractivity contribution in [1.29, 1.82) is 0 Å². The van der Waals surface area contributed by atoms with E-state index in [0.717, 1.165) is 103 Å². The van der Waals surface area contributed by atoms with Crippen LogP contribution in [0, 0.1) is 0 Å². The van der Waals surface area contributed by atoms with E-state index in [1.54, 1.807) is 0 Å². The van der Waals surface area contributed by atoms with E-state index in [1.807, 2.05) is 0 Å². The summed E-state index contributed by atoms with van der Waals surface area (Å²) in [6, 6.07) is 0. The fraction of sp³-hybridized carbons (Fsp3) is 0.683. The lowest BCUT2D eigenvalue weighted by atomic mass is 10.0. The monoisotopic (exact) mass is 943 g/mol. The number of rotatable bonds is 51. The molecule has 0 saturated carbocycles. The molecule has 0 aliphatic carbocycles. The molecule has 0 amide bonds. The molecular weight excluding hydrogens is 837 g/mol. The number of aliphatic hydroxyl groups is 1. The van der Waals surface area contributed by atoms with E-state index in [1.165, 1.54) is 128 Å². The summed E-state index contributed by atoms with van der Waals surface area (Å²) in [5.41, 5.74) is 0. The number of carbonyl (C=O) groups excluding carboxylic acids is 2. The van der Waals surface area contributed by atoms with Gasteiger partial charge in [-0.1, -0.05) is 258 Å². The van der Waals surface area contributed by atoms with Crippen molar-refractivity contribution in [2.24, 2.45) is 0 Å². The molecule has 0 aliphatic heterocycles. The molecule has 388 valence electrons. The van der Waals surface area contributed by atoms with Crippen LogP contribution in [0.1, 0.15) is 258 Å². The Morgan fingerprint density at radius 3 is 0.882 bits per heavy atom. The number of carbonyl (C=O) groups is 2. The first kappa shape index (κ1) is 64.6. The predicted octanol–water partition coefficient (Wildman–Crippen LogP) is 19.3. The van der Waals surface area contributed by atoms with Crippen LogP contribution in [-0.4, -0.2) is 36.4 Å². The average Bonchev–Trinajstić information content (AvgIpc) is 3.34. The fourth-order valence-corrected chi connectivity index (χ4v) is 7.87. The number of hydrogen-bond acceptors (Lipinski definition) is 5. The van der Waals surface area contributed by atoms with Crippen molar-refractivity contribution < 1.29 is 24.2 Å². The summed E-state index contributed by atoms with van der Waals surface area (Å²) in [5.74, 6) is -0.600. The summed E-state index contributed by atoms with van der Waals surface area (Å²) in [4.78, 5) is 24.5. The van der Waals surface area contributed by atoms with Gasteiger partial charge in [-0.2, -0.15) is 0 Å². The van der Waals surface area contributed by atoms with Gasteiger partial charge in [-0.05, 0) is 96.3 Å². The maximum absolute atomic E-state index is 12.3. The average molecular weight is 944 g/mol. The third kappa shape index (κ3) is 55.2. The summed E-state index contributed by atoms with van der Waals surface area (Å²) in [7, 11) is 0. The molecule has 0 fully saturated rings. The molecule has 0 aliphatic rings. The van der Waals surface area contributed by atoms with E-state index in [-0.39, 0.29) is 25.2 Å². The minimum absolute atomic E-state index is 0.0736. The largest absolute Gasteiger partial charge is 0.462 e. The number of aliphatic hydroxyl groups excluding tert-OH is 1. The molecule has 1 unspecified atom stereocenters. The van der Waals surface area contributed by atoms with Crippen molar-refractivity contribution in [2.45, 2.75) is 264 Å². The van der Waals surface area contributed by atoms with Crippen molar-refractivity contribution in [3.05, 3.63) is 109 Å². The van der Waals surface area contributed by atoms with Crippen LogP contribution in [-0.2, 0) is 19.1 Å². The Balaban J connectivity index is 3.48. The Labute approximate surface area is 421 Å². The van der Waals surface area contributed by atoms with Crippen molar-refractivity contribution in [3.63, 3.8) is 0 Å². The van der Waals surface area contributed by atoms with E-state index in [2.05, 4.69) is 123 Å². The smallest absolute Gasteiger partial charge is 0.306 e. The molecule has 68 heavy (non-hydrogen) atoms. The van der Waals surface area contributed by atoms with E-state index in [0.29, 0.717) is 12.8 Å². The zero-order valence-corrected chi connectivity index (χ0v) is 44.3. The summed E-state index contributed by atoms with van der Waals surface area (Å²) >= 11 is 0. The van der Waals surface area contributed by atoms with E-state index in [4.69, 9.17) is 9.47 Å². The zero-order valence-electron chi connectivity index (χ0n) is 44.3. The van der Waals surface area contributed by atoms with Crippen molar-refractivity contribution in [1.82, 2.24) is 0 Å². The maximum Gasteiger partial charge on any atom is 0.306 e. The molecule has 1 atom stereocenters. The third-order valence-electron chi connectivity index (χ3n) is 12.1. The highest BCUT2D eigenvalue weighted by molar-refractivity contribution is 5.70. The molecule has 0 heterocycles. The Morgan fingerprint density at radius 1 is 0.338 bits per heavy atom. The lowest BCUT2D eigenvalue weighted by molar-refractivity contribution is -0.161. The van der Waals surface area contributed by atoms with Crippen LogP contribution >= 0.6 is 0 Å². The first-order valence-electron chi connectivity index (χ1n) is 28.4. The van der Waals surface area contributed by atoms with Gasteiger partial charge in [0.05, 0.1) is 6.61 Å². The topological polar surface area (TPSA) is 72.8 Å². The lowest BCUT2D eigenvalue weighted by Crippen LogP contribution is -2.28. The SMILES string of the molecule is CC/C=C\C/C=C\C/C=C\C/C=C\C/C=C\C/C=C\CCCCCCCCCCCCCCCCCCCCC(=O)OC(CO)COC(=O)CCCCCCCCC/C=C\C/C=C\C/C=C\CC. The highest BCUT2D eigenvalue weighted by Gasteiger charge is 2.16.